The molecule has 0 radical (unpaired) electrons. The molecule has 102 valence electrons. The van der Waals surface area contributed by atoms with Crippen LogP contribution in [0.25, 0.3) is 6.08 Å². The van der Waals surface area contributed by atoms with Crippen LogP contribution in [0.2, 0.25) is 0 Å². The smallest absolute Gasteiger partial charge is 0.371 e. The van der Waals surface area contributed by atoms with E-state index in [0.717, 1.165) is 0 Å². The zero-order chi connectivity index (χ0) is 14.1. The van der Waals surface area contributed by atoms with Gasteiger partial charge in [0.1, 0.15) is 17.1 Å². The van der Waals surface area contributed by atoms with Gasteiger partial charge in [0.15, 0.2) is 0 Å². The average Bonchev–Trinajstić information content (AvgIpc) is 2.88. The van der Waals surface area contributed by atoms with Crippen molar-refractivity contribution < 1.29 is 18.0 Å². The summed E-state index contributed by atoms with van der Waals surface area (Å²) in [5.41, 5.74) is 0. The molecule has 0 bridgehead atoms. The maximum atomic E-state index is 12.3. The number of hydrogen-bond acceptors (Lipinski definition) is 5. The molecule has 0 aliphatic carbocycles. The van der Waals surface area contributed by atoms with Gasteiger partial charge in [-0.1, -0.05) is 6.08 Å². The minimum absolute atomic E-state index is 0.0287. The highest BCUT2D eigenvalue weighted by Gasteiger charge is 2.29. The molecule has 0 aromatic carbocycles. The van der Waals surface area contributed by atoms with Crippen LogP contribution in [0.5, 0.6) is 0 Å². The molecule has 19 heavy (non-hydrogen) atoms. The minimum atomic E-state index is -3.52. The number of hydrogen-bond donors (Lipinski definition) is 0. The molecule has 0 saturated heterocycles. The zero-order valence-corrected chi connectivity index (χ0v) is 11.8. The molecular weight excluding hydrogens is 265 g/mol. The summed E-state index contributed by atoms with van der Waals surface area (Å²) in [6.45, 7) is 3.80. The SMILES string of the molecule is CCOP(=O)(OCC)/C(C#N)=C/C=C/c1ccco1. The van der Waals surface area contributed by atoms with E-state index in [1.807, 2.05) is 6.07 Å². The van der Waals surface area contributed by atoms with E-state index in [4.69, 9.17) is 18.7 Å². The van der Waals surface area contributed by atoms with E-state index >= 15 is 0 Å². The highest BCUT2D eigenvalue weighted by atomic mass is 31.2. The highest BCUT2D eigenvalue weighted by Crippen LogP contribution is 2.55. The van der Waals surface area contributed by atoms with Crippen LogP contribution in [0.1, 0.15) is 19.6 Å². The topological polar surface area (TPSA) is 72.5 Å². The largest absolute Gasteiger partial charge is 0.465 e. The number of furan rings is 1. The molecule has 0 amide bonds. The van der Waals surface area contributed by atoms with Crippen LogP contribution < -0.4 is 0 Å². The Morgan fingerprint density at radius 2 is 2.16 bits per heavy atom. The number of rotatable bonds is 7. The fraction of sp³-hybridized carbons (Fsp3) is 0.308. The Morgan fingerprint density at radius 3 is 2.63 bits per heavy atom. The van der Waals surface area contributed by atoms with Crippen molar-refractivity contribution in [3.63, 3.8) is 0 Å². The second-order valence-electron chi connectivity index (χ2n) is 3.37. The standard InChI is InChI=1S/C13H16NO4P/c1-3-17-19(15,18-4-2)13(11-14)9-5-7-12-8-6-10-16-12/h5-10H,3-4H2,1-2H3/b7-5+,13-9+. The third-order valence-electron chi connectivity index (χ3n) is 2.07. The Bertz CT molecular complexity index is 515. The van der Waals surface area contributed by atoms with Gasteiger partial charge in [0.05, 0.1) is 19.5 Å². The van der Waals surface area contributed by atoms with Crippen molar-refractivity contribution in [2.45, 2.75) is 13.8 Å². The molecule has 1 aromatic heterocycles. The average molecular weight is 281 g/mol. The van der Waals surface area contributed by atoms with Crippen LogP contribution in [0.4, 0.5) is 0 Å². The third kappa shape index (κ3) is 4.53. The maximum Gasteiger partial charge on any atom is 0.371 e. The summed E-state index contributed by atoms with van der Waals surface area (Å²) in [6.07, 6.45) is 6.18. The summed E-state index contributed by atoms with van der Waals surface area (Å²) in [7, 11) is -3.52. The van der Waals surface area contributed by atoms with Gasteiger partial charge in [0.2, 0.25) is 0 Å². The first-order chi connectivity index (χ1) is 9.16. The lowest BCUT2D eigenvalue weighted by molar-refractivity contribution is 0.227. The lowest BCUT2D eigenvalue weighted by atomic mass is 10.4. The van der Waals surface area contributed by atoms with Gasteiger partial charge in [-0.2, -0.15) is 5.26 Å². The number of nitrogens with zero attached hydrogens (tertiary/aromatic N) is 1. The Morgan fingerprint density at radius 1 is 1.47 bits per heavy atom. The second-order valence-corrected chi connectivity index (χ2v) is 5.36. The fourth-order valence-electron chi connectivity index (χ4n) is 1.33. The maximum absolute atomic E-state index is 12.3. The van der Waals surface area contributed by atoms with Crippen molar-refractivity contribution >= 4 is 13.7 Å². The molecule has 1 aromatic rings. The zero-order valence-electron chi connectivity index (χ0n) is 10.9. The molecule has 0 unspecified atom stereocenters. The monoisotopic (exact) mass is 281 g/mol. The minimum Gasteiger partial charge on any atom is -0.465 e. The number of nitriles is 1. The molecular formula is C13H16NO4P. The summed E-state index contributed by atoms with van der Waals surface area (Å²) < 4.78 is 27.6. The Balaban J connectivity index is 2.91. The first-order valence-electron chi connectivity index (χ1n) is 5.88. The Labute approximate surface area is 112 Å². The highest BCUT2D eigenvalue weighted by molar-refractivity contribution is 7.58. The van der Waals surface area contributed by atoms with Crippen molar-refractivity contribution in [3.8, 4) is 6.07 Å². The van der Waals surface area contributed by atoms with Crippen LogP contribution in [-0.2, 0) is 13.6 Å². The summed E-state index contributed by atoms with van der Waals surface area (Å²) in [4.78, 5) is 0. The molecule has 1 rings (SSSR count). The van der Waals surface area contributed by atoms with E-state index in [1.165, 1.54) is 6.08 Å². The van der Waals surface area contributed by atoms with E-state index < -0.39 is 7.60 Å². The molecule has 0 spiro atoms. The van der Waals surface area contributed by atoms with Gasteiger partial charge in [-0.3, -0.25) is 4.57 Å². The van der Waals surface area contributed by atoms with E-state index in [2.05, 4.69) is 0 Å². The van der Waals surface area contributed by atoms with Crippen molar-refractivity contribution in [2.75, 3.05) is 13.2 Å². The predicted molar refractivity (Wildman–Crippen MR) is 72.3 cm³/mol. The quantitative estimate of drug-likeness (QED) is 0.429. The summed E-state index contributed by atoms with van der Waals surface area (Å²) in [5, 5.41) is 9.04. The van der Waals surface area contributed by atoms with Gasteiger partial charge in [-0.25, -0.2) is 0 Å². The molecule has 0 aliphatic heterocycles. The summed E-state index contributed by atoms with van der Waals surface area (Å²) in [5.74, 6) is 0.635. The van der Waals surface area contributed by atoms with Crippen LogP contribution >= 0.6 is 7.60 Å². The van der Waals surface area contributed by atoms with E-state index in [9.17, 15) is 4.57 Å². The molecule has 1 heterocycles. The molecule has 5 nitrogen and oxygen atoms in total. The lowest BCUT2D eigenvalue weighted by Crippen LogP contribution is -1.97. The fourth-order valence-corrected chi connectivity index (χ4v) is 2.75. The molecule has 0 atom stereocenters. The Kier molecular flexibility index (Phi) is 6.31. The van der Waals surface area contributed by atoms with Crippen LogP contribution in [0.15, 0.2) is 40.3 Å². The van der Waals surface area contributed by atoms with Gasteiger partial charge < -0.3 is 13.5 Å². The van der Waals surface area contributed by atoms with Gasteiger partial charge in [-0.05, 0) is 38.1 Å². The number of allylic oxidation sites excluding steroid dienone is 3. The van der Waals surface area contributed by atoms with Gasteiger partial charge in [0.25, 0.3) is 0 Å². The summed E-state index contributed by atoms with van der Waals surface area (Å²) in [6, 6.07) is 5.37. The van der Waals surface area contributed by atoms with E-state index in [-0.39, 0.29) is 18.5 Å². The molecule has 0 aliphatic rings. The molecule has 6 heteroatoms. The van der Waals surface area contributed by atoms with Crippen LogP contribution in [0.3, 0.4) is 0 Å². The van der Waals surface area contributed by atoms with E-state index in [1.54, 1.807) is 44.4 Å². The summed E-state index contributed by atoms with van der Waals surface area (Å²) >= 11 is 0. The Hall–Kier alpha value is -1.60. The third-order valence-corrected chi connectivity index (χ3v) is 4.10. The van der Waals surface area contributed by atoms with E-state index in [0.29, 0.717) is 5.76 Å². The predicted octanol–water partition coefficient (Wildman–Crippen LogP) is 3.97. The normalized spacial score (nSPS) is 12.8. The first-order valence-corrected chi connectivity index (χ1v) is 7.42. The lowest BCUT2D eigenvalue weighted by Gasteiger charge is -2.15. The second kappa shape index (κ2) is 7.75. The van der Waals surface area contributed by atoms with Crippen LogP contribution in [-0.4, -0.2) is 13.2 Å². The first kappa shape index (κ1) is 15.5. The van der Waals surface area contributed by atoms with Crippen molar-refractivity contribution in [3.05, 3.63) is 41.6 Å². The van der Waals surface area contributed by atoms with Crippen molar-refractivity contribution in [1.29, 1.82) is 5.26 Å². The molecule has 0 N–H and O–H groups in total. The van der Waals surface area contributed by atoms with Crippen molar-refractivity contribution in [2.24, 2.45) is 0 Å². The molecule has 0 fully saturated rings. The van der Waals surface area contributed by atoms with Gasteiger partial charge >= 0.3 is 7.60 Å². The molecule has 0 saturated carbocycles. The van der Waals surface area contributed by atoms with Gasteiger partial charge in [0, 0.05) is 0 Å². The van der Waals surface area contributed by atoms with Gasteiger partial charge in [-0.15, -0.1) is 0 Å². The van der Waals surface area contributed by atoms with Crippen LogP contribution in [0, 0.1) is 11.3 Å². The van der Waals surface area contributed by atoms with Crippen molar-refractivity contribution in [1.82, 2.24) is 0 Å².